The SMILES string of the molecule is COCCN(C)CCn1c(C)cc2c1CCCC2N. The van der Waals surface area contributed by atoms with Gasteiger partial charge in [-0.2, -0.15) is 0 Å². The van der Waals surface area contributed by atoms with Gasteiger partial charge in [0, 0.05) is 44.2 Å². The van der Waals surface area contributed by atoms with Crippen LogP contribution in [0.3, 0.4) is 0 Å². The number of hydrogen-bond acceptors (Lipinski definition) is 3. The maximum absolute atomic E-state index is 6.21. The number of likely N-dealkylation sites (N-methyl/N-ethyl adjacent to an activating group) is 1. The molecule has 2 rings (SSSR count). The monoisotopic (exact) mass is 265 g/mol. The van der Waals surface area contributed by atoms with Gasteiger partial charge in [-0.1, -0.05) is 0 Å². The molecule has 1 aliphatic rings. The lowest BCUT2D eigenvalue weighted by Crippen LogP contribution is -2.28. The smallest absolute Gasteiger partial charge is 0.0589 e. The normalized spacial score (nSPS) is 18.9. The Labute approximate surface area is 116 Å². The molecule has 1 aromatic rings. The van der Waals surface area contributed by atoms with Crippen molar-refractivity contribution >= 4 is 0 Å². The van der Waals surface area contributed by atoms with Gasteiger partial charge in [0.25, 0.3) is 0 Å². The summed E-state index contributed by atoms with van der Waals surface area (Å²) in [5.74, 6) is 0. The van der Waals surface area contributed by atoms with Gasteiger partial charge in [0.1, 0.15) is 0 Å². The third-order valence-electron chi connectivity index (χ3n) is 4.16. The molecule has 0 aromatic carbocycles. The lowest BCUT2D eigenvalue weighted by atomic mass is 9.93. The third kappa shape index (κ3) is 3.38. The summed E-state index contributed by atoms with van der Waals surface area (Å²) in [6.45, 7) is 6.08. The van der Waals surface area contributed by atoms with Gasteiger partial charge in [-0.3, -0.25) is 0 Å². The quantitative estimate of drug-likeness (QED) is 0.851. The van der Waals surface area contributed by atoms with E-state index < -0.39 is 0 Å². The average Bonchev–Trinajstić information content (AvgIpc) is 2.71. The summed E-state index contributed by atoms with van der Waals surface area (Å²) in [7, 11) is 3.90. The number of rotatable bonds is 6. The topological polar surface area (TPSA) is 43.4 Å². The Morgan fingerprint density at radius 2 is 2.26 bits per heavy atom. The molecule has 1 aliphatic carbocycles. The van der Waals surface area contributed by atoms with Crippen molar-refractivity contribution in [3.05, 3.63) is 23.0 Å². The number of methoxy groups -OCH3 is 1. The zero-order chi connectivity index (χ0) is 13.8. The van der Waals surface area contributed by atoms with Gasteiger partial charge in [0.05, 0.1) is 6.61 Å². The highest BCUT2D eigenvalue weighted by molar-refractivity contribution is 5.32. The zero-order valence-electron chi connectivity index (χ0n) is 12.5. The van der Waals surface area contributed by atoms with Crippen LogP contribution in [-0.4, -0.2) is 43.3 Å². The van der Waals surface area contributed by atoms with Crippen molar-refractivity contribution in [3.8, 4) is 0 Å². The highest BCUT2D eigenvalue weighted by atomic mass is 16.5. The third-order valence-corrected chi connectivity index (χ3v) is 4.16. The molecule has 108 valence electrons. The van der Waals surface area contributed by atoms with E-state index in [-0.39, 0.29) is 6.04 Å². The predicted octanol–water partition coefficient (Wildman–Crippen LogP) is 1.71. The molecule has 1 aromatic heterocycles. The number of nitrogens with zero attached hydrogens (tertiary/aromatic N) is 2. The van der Waals surface area contributed by atoms with Crippen LogP contribution < -0.4 is 5.73 Å². The van der Waals surface area contributed by atoms with Crippen LogP contribution in [0, 0.1) is 6.92 Å². The fourth-order valence-corrected chi connectivity index (χ4v) is 2.94. The molecule has 4 nitrogen and oxygen atoms in total. The van der Waals surface area contributed by atoms with Crippen LogP contribution in [0.4, 0.5) is 0 Å². The van der Waals surface area contributed by atoms with E-state index in [2.05, 4.69) is 29.5 Å². The van der Waals surface area contributed by atoms with Crippen LogP contribution in [0.5, 0.6) is 0 Å². The highest BCUT2D eigenvalue weighted by Crippen LogP contribution is 2.30. The maximum Gasteiger partial charge on any atom is 0.0589 e. The van der Waals surface area contributed by atoms with Crippen LogP contribution >= 0.6 is 0 Å². The first-order chi connectivity index (χ1) is 9.13. The van der Waals surface area contributed by atoms with Gasteiger partial charge in [-0.15, -0.1) is 0 Å². The second-order valence-corrected chi connectivity index (χ2v) is 5.63. The van der Waals surface area contributed by atoms with Crippen LogP contribution in [0.2, 0.25) is 0 Å². The van der Waals surface area contributed by atoms with E-state index in [1.807, 2.05) is 0 Å². The number of aryl methyl sites for hydroxylation is 1. The molecule has 19 heavy (non-hydrogen) atoms. The molecule has 4 heteroatoms. The van der Waals surface area contributed by atoms with Gasteiger partial charge in [-0.05, 0) is 44.9 Å². The van der Waals surface area contributed by atoms with E-state index in [0.717, 1.165) is 32.7 Å². The van der Waals surface area contributed by atoms with Crippen molar-refractivity contribution in [1.29, 1.82) is 0 Å². The predicted molar refractivity (Wildman–Crippen MR) is 78.4 cm³/mol. The number of hydrogen-bond donors (Lipinski definition) is 1. The standard InChI is InChI=1S/C15H27N3O/c1-12-11-13-14(16)5-4-6-15(13)18(12)8-7-17(2)9-10-19-3/h11,14H,4-10,16H2,1-3H3. The van der Waals surface area contributed by atoms with E-state index in [0.29, 0.717) is 0 Å². The summed E-state index contributed by atoms with van der Waals surface area (Å²) in [4.78, 5) is 2.32. The van der Waals surface area contributed by atoms with Crippen LogP contribution in [0.15, 0.2) is 6.07 Å². The number of fused-ring (bicyclic) bond motifs is 1. The fraction of sp³-hybridized carbons (Fsp3) is 0.733. The second kappa shape index (κ2) is 6.55. The number of aromatic nitrogens is 1. The minimum absolute atomic E-state index is 0.245. The highest BCUT2D eigenvalue weighted by Gasteiger charge is 2.21. The van der Waals surface area contributed by atoms with E-state index >= 15 is 0 Å². The molecule has 2 N–H and O–H groups in total. The summed E-state index contributed by atoms with van der Waals surface area (Å²) >= 11 is 0. The Morgan fingerprint density at radius 1 is 1.47 bits per heavy atom. The van der Waals surface area contributed by atoms with Crippen LogP contribution in [0.1, 0.15) is 35.8 Å². The first kappa shape index (κ1) is 14.6. The Hall–Kier alpha value is -0.840. The van der Waals surface area contributed by atoms with E-state index in [4.69, 9.17) is 10.5 Å². The minimum atomic E-state index is 0.245. The van der Waals surface area contributed by atoms with Crippen molar-refractivity contribution < 1.29 is 4.74 Å². The van der Waals surface area contributed by atoms with Crippen molar-refractivity contribution in [2.75, 3.05) is 33.9 Å². The Balaban J connectivity index is 2.00. The number of nitrogens with two attached hydrogens (primary N) is 1. The van der Waals surface area contributed by atoms with Gasteiger partial charge >= 0.3 is 0 Å². The Kier molecular flexibility index (Phi) is 5.02. The summed E-state index contributed by atoms with van der Waals surface area (Å²) < 4.78 is 7.57. The molecule has 0 saturated heterocycles. The molecule has 0 radical (unpaired) electrons. The first-order valence-corrected chi connectivity index (χ1v) is 7.25. The van der Waals surface area contributed by atoms with E-state index in [1.54, 1.807) is 7.11 Å². The Morgan fingerprint density at radius 3 is 3.00 bits per heavy atom. The lowest BCUT2D eigenvalue weighted by Gasteiger charge is -2.23. The summed E-state index contributed by atoms with van der Waals surface area (Å²) in [5, 5.41) is 0. The molecule has 1 heterocycles. The van der Waals surface area contributed by atoms with Crippen LogP contribution in [-0.2, 0) is 17.7 Å². The van der Waals surface area contributed by atoms with E-state index in [1.165, 1.54) is 29.8 Å². The molecular formula is C15H27N3O. The molecule has 0 fully saturated rings. The molecule has 0 aliphatic heterocycles. The molecule has 0 saturated carbocycles. The van der Waals surface area contributed by atoms with E-state index in [9.17, 15) is 0 Å². The maximum atomic E-state index is 6.21. The summed E-state index contributed by atoms with van der Waals surface area (Å²) in [6, 6.07) is 2.53. The van der Waals surface area contributed by atoms with Crippen molar-refractivity contribution in [2.45, 2.75) is 38.8 Å². The second-order valence-electron chi connectivity index (χ2n) is 5.63. The van der Waals surface area contributed by atoms with Crippen molar-refractivity contribution in [1.82, 2.24) is 9.47 Å². The van der Waals surface area contributed by atoms with Gasteiger partial charge in [0.15, 0.2) is 0 Å². The lowest BCUT2D eigenvalue weighted by molar-refractivity contribution is 0.159. The molecule has 1 atom stereocenters. The minimum Gasteiger partial charge on any atom is -0.383 e. The number of ether oxygens (including phenoxy) is 1. The zero-order valence-corrected chi connectivity index (χ0v) is 12.5. The average molecular weight is 265 g/mol. The van der Waals surface area contributed by atoms with Crippen molar-refractivity contribution in [2.24, 2.45) is 5.73 Å². The summed E-state index contributed by atoms with van der Waals surface area (Å²) in [5.41, 5.74) is 10.4. The molecule has 0 amide bonds. The largest absolute Gasteiger partial charge is 0.383 e. The Bertz CT molecular complexity index is 414. The molecule has 0 spiro atoms. The van der Waals surface area contributed by atoms with Gasteiger partial charge in [-0.25, -0.2) is 0 Å². The van der Waals surface area contributed by atoms with Crippen molar-refractivity contribution in [3.63, 3.8) is 0 Å². The molecular weight excluding hydrogens is 238 g/mol. The summed E-state index contributed by atoms with van der Waals surface area (Å²) in [6.07, 6.45) is 3.53. The fourth-order valence-electron chi connectivity index (χ4n) is 2.94. The molecule has 0 bridgehead atoms. The molecule has 1 unspecified atom stereocenters. The van der Waals surface area contributed by atoms with Gasteiger partial charge in [0.2, 0.25) is 0 Å². The first-order valence-electron chi connectivity index (χ1n) is 7.25. The van der Waals surface area contributed by atoms with Crippen LogP contribution in [0.25, 0.3) is 0 Å². The van der Waals surface area contributed by atoms with Gasteiger partial charge < -0.3 is 19.9 Å².